The molecular formula is C23H36N2O4. The van der Waals surface area contributed by atoms with Gasteiger partial charge in [-0.3, -0.25) is 4.79 Å². The molecule has 0 aromatic heterocycles. The van der Waals surface area contributed by atoms with Crippen LogP contribution in [0.4, 0.5) is 4.79 Å². The highest BCUT2D eigenvalue weighted by Gasteiger charge is 2.18. The van der Waals surface area contributed by atoms with Crippen LogP contribution in [-0.2, 0) is 14.3 Å². The minimum absolute atomic E-state index is 0.389. The van der Waals surface area contributed by atoms with E-state index in [1.54, 1.807) is 0 Å². The minimum atomic E-state index is -0.528. The van der Waals surface area contributed by atoms with Gasteiger partial charge >= 0.3 is 6.09 Å². The molecular weight excluding hydrogens is 368 g/mol. The Kier molecular flexibility index (Phi) is 8.80. The van der Waals surface area contributed by atoms with Crippen molar-refractivity contribution in [3.8, 4) is 0 Å². The number of nitrogens with one attached hydrogen (secondary N) is 1. The molecule has 1 saturated carbocycles. The number of aldehydes is 1. The second-order valence-corrected chi connectivity index (χ2v) is 8.84. The first-order valence-electron chi connectivity index (χ1n) is 10.6. The third kappa shape index (κ3) is 8.34. The molecule has 1 N–H and O–H groups in total. The summed E-state index contributed by atoms with van der Waals surface area (Å²) in [6.07, 6.45) is 13.3. The van der Waals surface area contributed by atoms with E-state index in [0.29, 0.717) is 25.2 Å². The minimum Gasteiger partial charge on any atom is -0.498 e. The van der Waals surface area contributed by atoms with Gasteiger partial charge in [0, 0.05) is 26.6 Å². The van der Waals surface area contributed by atoms with Gasteiger partial charge in [-0.15, -0.1) is 0 Å². The molecule has 2 aliphatic carbocycles. The third-order valence-corrected chi connectivity index (χ3v) is 5.18. The van der Waals surface area contributed by atoms with Crippen LogP contribution in [0.15, 0.2) is 35.3 Å². The summed E-state index contributed by atoms with van der Waals surface area (Å²) in [6, 6.07) is 0. The summed E-state index contributed by atoms with van der Waals surface area (Å²) in [5.41, 5.74) is 1.01. The molecule has 0 spiro atoms. The number of likely N-dealkylation sites (N-methyl/N-ethyl adjacent to an activating group) is 1. The fraction of sp³-hybridized carbons (Fsp3) is 0.652. The van der Waals surface area contributed by atoms with Gasteiger partial charge in [0.1, 0.15) is 11.4 Å². The number of carbonyl (C=O) groups excluding carboxylic acids is 2. The topological polar surface area (TPSA) is 67.9 Å². The monoisotopic (exact) mass is 404 g/mol. The summed E-state index contributed by atoms with van der Waals surface area (Å²) in [4.78, 5) is 25.3. The van der Waals surface area contributed by atoms with Crippen LogP contribution in [0.1, 0.15) is 59.3 Å². The van der Waals surface area contributed by atoms with Crippen molar-refractivity contribution in [2.24, 2.45) is 5.92 Å². The lowest BCUT2D eigenvalue weighted by molar-refractivity contribution is -0.106. The Hall–Kier alpha value is -2.24. The van der Waals surface area contributed by atoms with Crippen LogP contribution < -0.4 is 5.32 Å². The summed E-state index contributed by atoms with van der Waals surface area (Å²) in [5, 5.41) is 2.72. The van der Waals surface area contributed by atoms with E-state index in [-0.39, 0.29) is 0 Å². The molecule has 6 heteroatoms. The van der Waals surface area contributed by atoms with Crippen molar-refractivity contribution < 1.29 is 19.1 Å². The molecule has 2 aliphatic rings. The van der Waals surface area contributed by atoms with Crippen molar-refractivity contribution in [3.63, 3.8) is 0 Å². The molecule has 1 fully saturated rings. The van der Waals surface area contributed by atoms with Gasteiger partial charge in [-0.1, -0.05) is 31.4 Å². The smallest absolute Gasteiger partial charge is 0.407 e. The Balaban J connectivity index is 1.78. The zero-order chi connectivity index (χ0) is 21.3. The number of amides is 1. The zero-order valence-electron chi connectivity index (χ0n) is 18.3. The molecule has 29 heavy (non-hydrogen) atoms. The van der Waals surface area contributed by atoms with Gasteiger partial charge < -0.3 is 19.7 Å². The first kappa shape index (κ1) is 23.0. The highest BCUT2D eigenvalue weighted by atomic mass is 16.6. The predicted octanol–water partition coefficient (Wildman–Crippen LogP) is 4.34. The molecule has 2 rings (SSSR count). The van der Waals surface area contributed by atoms with Gasteiger partial charge in [-0.05, 0) is 51.2 Å². The summed E-state index contributed by atoms with van der Waals surface area (Å²) in [7, 11) is 1.85. The number of ether oxygens (including phenoxy) is 2. The Morgan fingerprint density at radius 1 is 1.34 bits per heavy atom. The van der Waals surface area contributed by atoms with E-state index in [2.05, 4.69) is 5.32 Å². The Bertz CT molecular complexity index is 654. The van der Waals surface area contributed by atoms with E-state index in [1.807, 2.05) is 50.9 Å². The maximum absolute atomic E-state index is 11.7. The quantitative estimate of drug-likeness (QED) is 0.333. The van der Waals surface area contributed by atoms with Crippen molar-refractivity contribution in [3.05, 3.63) is 35.3 Å². The maximum Gasteiger partial charge on any atom is 0.407 e. The van der Waals surface area contributed by atoms with Crippen LogP contribution in [-0.4, -0.2) is 49.6 Å². The average molecular weight is 405 g/mol. The molecule has 0 atom stereocenters. The van der Waals surface area contributed by atoms with E-state index in [4.69, 9.17) is 9.47 Å². The van der Waals surface area contributed by atoms with Crippen LogP contribution in [0.5, 0.6) is 0 Å². The van der Waals surface area contributed by atoms with Crippen LogP contribution >= 0.6 is 0 Å². The molecule has 1 amide bonds. The third-order valence-electron chi connectivity index (χ3n) is 5.18. The van der Waals surface area contributed by atoms with Crippen LogP contribution in [0.25, 0.3) is 0 Å². The molecule has 162 valence electrons. The van der Waals surface area contributed by atoms with Crippen molar-refractivity contribution >= 4 is 12.4 Å². The predicted molar refractivity (Wildman–Crippen MR) is 114 cm³/mol. The molecule has 0 saturated heterocycles. The van der Waals surface area contributed by atoms with Crippen molar-refractivity contribution in [2.75, 3.05) is 26.7 Å². The van der Waals surface area contributed by atoms with Gasteiger partial charge in [-0.2, -0.15) is 0 Å². The second-order valence-electron chi connectivity index (χ2n) is 8.84. The van der Waals surface area contributed by atoms with E-state index in [9.17, 15) is 9.59 Å². The van der Waals surface area contributed by atoms with Crippen molar-refractivity contribution in [1.29, 1.82) is 0 Å². The van der Waals surface area contributed by atoms with Crippen LogP contribution in [0, 0.1) is 5.92 Å². The summed E-state index contributed by atoms with van der Waals surface area (Å²) in [5.74, 6) is 1.80. The Morgan fingerprint density at radius 2 is 2.10 bits per heavy atom. The zero-order valence-corrected chi connectivity index (χ0v) is 18.3. The van der Waals surface area contributed by atoms with E-state index in [1.165, 1.54) is 25.7 Å². The SMILES string of the molecule is CN(CCNC(=O)OC(C)(C)C)/C(C=O)=C1/C=CC=C(OCCCC2CCC2)C1. The molecule has 0 heterocycles. The van der Waals surface area contributed by atoms with E-state index >= 15 is 0 Å². The fourth-order valence-electron chi connectivity index (χ4n) is 3.38. The van der Waals surface area contributed by atoms with E-state index in [0.717, 1.165) is 36.6 Å². The number of carbonyl (C=O) groups is 2. The average Bonchev–Trinajstić information content (AvgIpc) is 2.59. The first-order chi connectivity index (χ1) is 13.8. The molecule has 0 radical (unpaired) electrons. The number of hydrogen-bond donors (Lipinski definition) is 1. The summed E-state index contributed by atoms with van der Waals surface area (Å²) < 4.78 is 11.2. The normalized spacial score (nSPS) is 18.4. The lowest BCUT2D eigenvalue weighted by atomic mass is 9.82. The Morgan fingerprint density at radius 3 is 2.72 bits per heavy atom. The van der Waals surface area contributed by atoms with Crippen LogP contribution in [0.3, 0.4) is 0 Å². The summed E-state index contributed by atoms with van der Waals surface area (Å²) >= 11 is 0. The highest BCUT2D eigenvalue weighted by Crippen LogP contribution is 2.30. The molecule has 0 unspecified atom stereocenters. The lowest BCUT2D eigenvalue weighted by Crippen LogP contribution is -2.37. The van der Waals surface area contributed by atoms with Crippen LogP contribution in [0.2, 0.25) is 0 Å². The van der Waals surface area contributed by atoms with E-state index < -0.39 is 11.7 Å². The maximum atomic E-state index is 11.7. The first-order valence-corrected chi connectivity index (χ1v) is 10.6. The van der Waals surface area contributed by atoms with Gasteiger partial charge in [0.2, 0.25) is 0 Å². The van der Waals surface area contributed by atoms with Crippen molar-refractivity contribution in [2.45, 2.75) is 64.9 Å². The molecule has 0 bridgehead atoms. The number of nitrogens with zero attached hydrogens (tertiary/aromatic N) is 1. The Labute approximate surface area is 175 Å². The largest absolute Gasteiger partial charge is 0.498 e. The number of hydrogen-bond acceptors (Lipinski definition) is 5. The van der Waals surface area contributed by atoms with Gasteiger partial charge in [-0.25, -0.2) is 4.79 Å². The lowest BCUT2D eigenvalue weighted by Gasteiger charge is -2.25. The summed E-state index contributed by atoms with van der Waals surface area (Å²) in [6.45, 7) is 7.10. The standard InChI is InChI=1S/C23H36N2O4/c1-23(2,3)29-22(27)24-13-14-25(4)21(17-26)19-11-6-12-20(16-19)28-15-7-10-18-8-5-9-18/h6,11-12,17-18H,5,7-10,13-16H2,1-4H3,(H,24,27)/b21-19-. The second kappa shape index (κ2) is 11.1. The van der Waals surface area contributed by atoms with Gasteiger partial charge in [0.05, 0.1) is 12.3 Å². The van der Waals surface area contributed by atoms with Gasteiger partial charge in [0.25, 0.3) is 0 Å². The molecule has 0 aromatic carbocycles. The molecule has 6 nitrogen and oxygen atoms in total. The highest BCUT2D eigenvalue weighted by molar-refractivity contribution is 5.75. The molecule has 0 aromatic rings. The number of rotatable bonds is 10. The fourth-order valence-corrected chi connectivity index (χ4v) is 3.38. The molecule has 0 aliphatic heterocycles. The number of allylic oxidation sites excluding steroid dienone is 5. The van der Waals surface area contributed by atoms with Gasteiger partial charge in [0.15, 0.2) is 6.29 Å². The van der Waals surface area contributed by atoms with Crippen molar-refractivity contribution in [1.82, 2.24) is 10.2 Å². The number of alkyl carbamates (subject to hydrolysis) is 1.